The Morgan fingerprint density at radius 3 is 2.35 bits per heavy atom. The van der Waals surface area contributed by atoms with Gasteiger partial charge in [-0.2, -0.15) is 0 Å². The number of pyridine rings is 1. The van der Waals surface area contributed by atoms with E-state index in [1.165, 1.54) is 60.3 Å². The molecule has 0 amide bonds. The van der Waals surface area contributed by atoms with Gasteiger partial charge in [0.05, 0.1) is 10.9 Å². The van der Waals surface area contributed by atoms with Gasteiger partial charge in [0.15, 0.2) is 6.20 Å². The molecule has 0 saturated carbocycles. The lowest BCUT2D eigenvalue weighted by Gasteiger charge is -2.27. The van der Waals surface area contributed by atoms with Crippen molar-refractivity contribution < 1.29 is 9.30 Å². The molecule has 2 nitrogen and oxygen atoms in total. The van der Waals surface area contributed by atoms with E-state index in [4.69, 9.17) is 4.74 Å². The number of nitrogens with zero attached hydrogens (tertiary/aromatic N) is 1. The van der Waals surface area contributed by atoms with Crippen LogP contribution in [-0.2, 0) is 13.5 Å². The fourth-order valence-corrected chi connectivity index (χ4v) is 5.96. The number of fused-ring (bicyclic) bond motifs is 5. The Bertz CT molecular complexity index is 1620. The van der Waals surface area contributed by atoms with Crippen LogP contribution in [0.5, 0.6) is 11.5 Å². The van der Waals surface area contributed by atoms with E-state index in [1.807, 2.05) is 0 Å². The van der Waals surface area contributed by atoms with Gasteiger partial charge in [0.25, 0.3) is 0 Å². The van der Waals surface area contributed by atoms with Crippen molar-refractivity contribution >= 4 is 32.3 Å². The van der Waals surface area contributed by atoms with Crippen molar-refractivity contribution in [2.24, 2.45) is 13.0 Å². The molecular weight excluding hydrogens is 414 g/mol. The predicted octanol–water partition coefficient (Wildman–Crippen LogP) is 8.37. The van der Waals surface area contributed by atoms with Crippen LogP contribution < -0.4 is 9.30 Å². The molecule has 0 fully saturated rings. The molecular formula is C32H32NO+. The van der Waals surface area contributed by atoms with Crippen molar-refractivity contribution in [3.8, 4) is 22.8 Å². The SMILES string of the molecule is Cc1c2c(c(C(C)C)c3ccccc13)Oc1cc3ccc(CC(C)C)cc3c3cc[n+](C)c-2c13. The van der Waals surface area contributed by atoms with Gasteiger partial charge in [-0.3, -0.25) is 0 Å². The zero-order valence-corrected chi connectivity index (χ0v) is 21.0. The second kappa shape index (κ2) is 7.56. The monoisotopic (exact) mass is 446 g/mol. The molecule has 0 bridgehead atoms. The first-order valence-electron chi connectivity index (χ1n) is 12.5. The maximum Gasteiger partial charge on any atom is 0.228 e. The number of aromatic nitrogens is 1. The van der Waals surface area contributed by atoms with Crippen LogP contribution in [0.1, 0.15) is 50.3 Å². The molecule has 4 aromatic carbocycles. The van der Waals surface area contributed by atoms with Crippen molar-refractivity contribution in [3.05, 3.63) is 77.5 Å². The van der Waals surface area contributed by atoms with Crippen molar-refractivity contribution in [3.63, 3.8) is 0 Å². The fraction of sp³-hybridized carbons (Fsp3) is 0.281. The van der Waals surface area contributed by atoms with Crippen LogP contribution in [-0.4, -0.2) is 0 Å². The first kappa shape index (κ1) is 21.2. The quantitative estimate of drug-likeness (QED) is 0.196. The first-order valence-corrected chi connectivity index (χ1v) is 12.5. The van der Waals surface area contributed by atoms with Gasteiger partial charge in [0.2, 0.25) is 5.69 Å². The zero-order chi connectivity index (χ0) is 23.7. The minimum atomic E-state index is 0.351. The molecule has 0 unspecified atom stereocenters. The van der Waals surface area contributed by atoms with E-state index in [-0.39, 0.29) is 0 Å². The Morgan fingerprint density at radius 2 is 1.62 bits per heavy atom. The van der Waals surface area contributed by atoms with E-state index in [1.54, 1.807) is 0 Å². The standard InChI is InChI=1S/C32H32NO/c1-18(2)15-21-11-12-22-17-27-30-25(26(22)16-21)13-14-33(6)31(30)29-20(5)23-9-7-8-10-24(23)28(19(3)4)32(29)34-27/h7-14,16-19H,15H2,1-6H3/q+1. The number of benzene rings is 4. The molecule has 1 aliphatic rings. The minimum absolute atomic E-state index is 0.351. The van der Waals surface area contributed by atoms with Crippen LogP contribution in [0.2, 0.25) is 0 Å². The summed E-state index contributed by atoms with van der Waals surface area (Å²) in [6, 6.07) is 20.2. The molecule has 0 radical (unpaired) electrons. The van der Waals surface area contributed by atoms with Gasteiger partial charge < -0.3 is 4.74 Å². The van der Waals surface area contributed by atoms with Crippen LogP contribution in [0.15, 0.2) is 60.8 Å². The number of rotatable bonds is 3. The third kappa shape index (κ3) is 2.98. The average Bonchev–Trinajstić information content (AvgIpc) is 2.80. The zero-order valence-electron chi connectivity index (χ0n) is 21.0. The molecule has 34 heavy (non-hydrogen) atoms. The number of hydrogen-bond donors (Lipinski definition) is 0. The van der Waals surface area contributed by atoms with Crippen molar-refractivity contribution in [2.45, 2.75) is 47.0 Å². The molecule has 0 atom stereocenters. The molecule has 1 aromatic heterocycles. The van der Waals surface area contributed by atoms with Crippen LogP contribution in [0, 0.1) is 12.8 Å². The average molecular weight is 447 g/mol. The van der Waals surface area contributed by atoms with Gasteiger partial charge in [0.1, 0.15) is 18.5 Å². The summed E-state index contributed by atoms with van der Waals surface area (Å²) in [5, 5.41) is 7.66. The van der Waals surface area contributed by atoms with Crippen molar-refractivity contribution in [1.29, 1.82) is 0 Å². The summed E-state index contributed by atoms with van der Waals surface area (Å²) in [5.41, 5.74) is 6.48. The summed E-state index contributed by atoms with van der Waals surface area (Å²) in [5.74, 6) is 2.98. The second-order valence-electron chi connectivity index (χ2n) is 10.6. The highest BCUT2D eigenvalue weighted by molar-refractivity contribution is 6.16. The third-order valence-electron chi connectivity index (χ3n) is 7.40. The van der Waals surface area contributed by atoms with Gasteiger partial charge in [-0.05, 0) is 63.9 Å². The van der Waals surface area contributed by atoms with E-state index in [0.717, 1.165) is 17.9 Å². The predicted molar refractivity (Wildman–Crippen MR) is 143 cm³/mol. The summed E-state index contributed by atoms with van der Waals surface area (Å²) in [6.45, 7) is 11.4. The van der Waals surface area contributed by atoms with Crippen molar-refractivity contribution in [2.75, 3.05) is 0 Å². The summed E-state index contributed by atoms with van der Waals surface area (Å²) in [6.07, 6.45) is 3.31. The van der Waals surface area contributed by atoms with Gasteiger partial charge in [-0.1, -0.05) is 70.2 Å². The largest absolute Gasteiger partial charge is 0.455 e. The highest BCUT2D eigenvalue weighted by Gasteiger charge is 2.33. The molecule has 0 aliphatic carbocycles. The number of aryl methyl sites for hydroxylation is 2. The summed E-state index contributed by atoms with van der Waals surface area (Å²) >= 11 is 0. The fourth-order valence-electron chi connectivity index (χ4n) is 5.96. The van der Waals surface area contributed by atoms with Crippen LogP contribution in [0.3, 0.4) is 0 Å². The number of hydrogen-bond acceptors (Lipinski definition) is 1. The van der Waals surface area contributed by atoms with Gasteiger partial charge in [-0.15, -0.1) is 0 Å². The van der Waals surface area contributed by atoms with E-state index >= 15 is 0 Å². The Kier molecular flexibility index (Phi) is 4.71. The van der Waals surface area contributed by atoms with Gasteiger partial charge >= 0.3 is 0 Å². The molecule has 6 rings (SSSR count). The molecule has 1 aliphatic heterocycles. The second-order valence-corrected chi connectivity index (χ2v) is 10.6. The van der Waals surface area contributed by atoms with Crippen LogP contribution in [0.4, 0.5) is 0 Å². The molecule has 0 N–H and O–H groups in total. The molecule has 170 valence electrons. The highest BCUT2D eigenvalue weighted by atomic mass is 16.5. The lowest BCUT2D eigenvalue weighted by atomic mass is 9.85. The minimum Gasteiger partial charge on any atom is -0.455 e. The summed E-state index contributed by atoms with van der Waals surface area (Å²) in [4.78, 5) is 0. The van der Waals surface area contributed by atoms with E-state index in [0.29, 0.717) is 11.8 Å². The maximum atomic E-state index is 6.88. The van der Waals surface area contributed by atoms with Crippen LogP contribution in [0.25, 0.3) is 43.6 Å². The molecule has 2 heteroatoms. The van der Waals surface area contributed by atoms with E-state index in [2.05, 4.69) is 107 Å². The number of ether oxygens (including phenoxy) is 1. The topological polar surface area (TPSA) is 13.1 Å². The Labute approximate surface area is 201 Å². The molecule has 0 saturated heterocycles. The van der Waals surface area contributed by atoms with Gasteiger partial charge in [0, 0.05) is 17.0 Å². The normalized spacial score (nSPS) is 12.7. The molecule has 5 aromatic rings. The summed E-state index contributed by atoms with van der Waals surface area (Å²) < 4.78 is 9.16. The Hall–Kier alpha value is -3.39. The van der Waals surface area contributed by atoms with E-state index in [9.17, 15) is 0 Å². The Morgan fingerprint density at radius 1 is 0.853 bits per heavy atom. The van der Waals surface area contributed by atoms with Crippen LogP contribution >= 0.6 is 0 Å². The van der Waals surface area contributed by atoms with Gasteiger partial charge in [-0.25, -0.2) is 4.57 Å². The third-order valence-corrected chi connectivity index (χ3v) is 7.40. The lowest BCUT2D eigenvalue weighted by molar-refractivity contribution is -0.659. The van der Waals surface area contributed by atoms with E-state index < -0.39 is 0 Å². The lowest BCUT2D eigenvalue weighted by Crippen LogP contribution is -2.32. The molecule has 0 spiro atoms. The Balaban J connectivity index is 1.77. The van der Waals surface area contributed by atoms with Crippen molar-refractivity contribution in [1.82, 2.24) is 0 Å². The summed E-state index contributed by atoms with van der Waals surface area (Å²) in [7, 11) is 2.16. The smallest absolute Gasteiger partial charge is 0.228 e. The first-order chi connectivity index (χ1) is 16.3. The molecule has 2 heterocycles. The maximum absolute atomic E-state index is 6.88. The highest BCUT2D eigenvalue weighted by Crippen LogP contribution is 2.53.